The van der Waals surface area contributed by atoms with Crippen LogP contribution in [0.3, 0.4) is 0 Å². The first-order valence-corrected chi connectivity index (χ1v) is 10.7. The molecule has 1 heterocycles. The predicted molar refractivity (Wildman–Crippen MR) is 127 cm³/mol. The lowest BCUT2D eigenvalue weighted by atomic mass is 10.1. The lowest BCUT2D eigenvalue weighted by Crippen LogP contribution is -2.26. The quantitative estimate of drug-likeness (QED) is 0.178. The summed E-state index contributed by atoms with van der Waals surface area (Å²) >= 11 is 0. The lowest BCUT2D eigenvalue weighted by Gasteiger charge is -2.11. The highest BCUT2D eigenvalue weighted by Gasteiger charge is 2.24. The molecule has 196 valence electrons. The number of benzene rings is 1. The number of esters is 2. The number of ether oxygens (including phenoxy) is 2. The zero-order valence-electron chi connectivity index (χ0n) is 20.2. The standard InChI is InChI=1S/C23H23N3O11/c1-5-35-22(33)18(29)25-13-7-12(8-14(9-13)26-19(30)23(34)36-6-2)24-10(3)15-17(28)16(11(4)27)21(32)37-20(15)31/h7-9,28,32H,5-6H2,1-4H3,(H,25,29)(H,26,30). The highest BCUT2D eigenvalue weighted by Crippen LogP contribution is 2.31. The van der Waals surface area contributed by atoms with Crippen LogP contribution in [0, 0.1) is 0 Å². The van der Waals surface area contributed by atoms with Crippen LogP contribution in [0.25, 0.3) is 0 Å². The fourth-order valence-electron chi connectivity index (χ4n) is 2.98. The highest BCUT2D eigenvalue weighted by molar-refractivity contribution is 6.38. The molecule has 2 rings (SSSR count). The fourth-order valence-corrected chi connectivity index (χ4v) is 2.98. The topological polar surface area (TPSA) is 211 Å². The summed E-state index contributed by atoms with van der Waals surface area (Å²) in [6, 6.07) is 3.65. The van der Waals surface area contributed by atoms with Crippen molar-refractivity contribution < 1.29 is 48.1 Å². The van der Waals surface area contributed by atoms with Crippen LogP contribution in [0.5, 0.6) is 11.7 Å². The molecular weight excluding hydrogens is 494 g/mol. The minimum Gasteiger partial charge on any atom is -0.506 e. The molecule has 0 unspecified atom stereocenters. The second-order valence-corrected chi connectivity index (χ2v) is 7.16. The van der Waals surface area contributed by atoms with Crippen molar-refractivity contribution in [3.63, 3.8) is 0 Å². The normalized spacial score (nSPS) is 10.9. The molecule has 0 spiro atoms. The Bertz CT molecular complexity index is 1310. The number of aromatic hydroxyl groups is 2. The van der Waals surface area contributed by atoms with Crippen molar-refractivity contribution in [2.45, 2.75) is 27.7 Å². The average Bonchev–Trinajstić information content (AvgIpc) is 2.78. The first-order valence-electron chi connectivity index (χ1n) is 10.7. The number of hydrogen-bond acceptors (Lipinski definition) is 12. The lowest BCUT2D eigenvalue weighted by molar-refractivity contribution is -0.152. The van der Waals surface area contributed by atoms with Gasteiger partial charge in [0.1, 0.15) is 16.9 Å². The van der Waals surface area contributed by atoms with Gasteiger partial charge in [-0.25, -0.2) is 14.4 Å². The molecule has 0 fully saturated rings. The van der Waals surface area contributed by atoms with Gasteiger partial charge in [0, 0.05) is 11.4 Å². The molecule has 14 heteroatoms. The maximum absolute atomic E-state index is 12.3. The van der Waals surface area contributed by atoms with Crippen LogP contribution in [0.15, 0.2) is 32.4 Å². The Labute approximate surface area is 208 Å². The smallest absolute Gasteiger partial charge is 0.397 e. The average molecular weight is 517 g/mol. The molecule has 0 radical (unpaired) electrons. The SMILES string of the molecule is CCOC(=O)C(=O)Nc1cc(N=C(C)c2c(O)c(C(C)=O)c(O)oc2=O)cc(NC(=O)C(=O)OCC)c1. The molecule has 2 aromatic rings. The largest absolute Gasteiger partial charge is 0.506 e. The van der Waals surface area contributed by atoms with Crippen LogP contribution in [-0.4, -0.2) is 58.7 Å². The number of anilines is 2. The second kappa shape index (κ2) is 12.1. The number of carbonyl (C=O) groups excluding carboxylic acids is 5. The van der Waals surface area contributed by atoms with Gasteiger partial charge >= 0.3 is 29.4 Å². The van der Waals surface area contributed by atoms with Gasteiger partial charge in [-0.1, -0.05) is 0 Å². The van der Waals surface area contributed by atoms with Gasteiger partial charge in [-0.15, -0.1) is 0 Å². The molecule has 14 nitrogen and oxygen atoms in total. The number of Topliss-reactive ketones (excluding diaryl/α,β-unsaturated/α-hetero) is 1. The van der Waals surface area contributed by atoms with Gasteiger partial charge in [0.2, 0.25) is 0 Å². The third-order valence-electron chi connectivity index (χ3n) is 4.45. The summed E-state index contributed by atoms with van der Waals surface area (Å²) in [5.74, 6) is -7.40. The molecule has 2 amide bonds. The summed E-state index contributed by atoms with van der Waals surface area (Å²) in [5.41, 5.74) is -2.76. The molecule has 37 heavy (non-hydrogen) atoms. The van der Waals surface area contributed by atoms with Crippen molar-refractivity contribution >= 4 is 52.3 Å². The first-order chi connectivity index (χ1) is 17.4. The van der Waals surface area contributed by atoms with Crippen LogP contribution in [0.1, 0.15) is 43.6 Å². The second-order valence-electron chi connectivity index (χ2n) is 7.16. The Kier molecular flexibility index (Phi) is 9.23. The Morgan fingerprint density at radius 1 is 0.865 bits per heavy atom. The Morgan fingerprint density at radius 3 is 1.78 bits per heavy atom. The van der Waals surface area contributed by atoms with E-state index >= 15 is 0 Å². The summed E-state index contributed by atoms with van der Waals surface area (Å²) in [7, 11) is 0. The van der Waals surface area contributed by atoms with Crippen LogP contribution in [0.2, 0.25) is 0 Å². The van der Waals surface area contributed by atoms with E-state index < -0.39 is 58.0 Å². The number of nitrogens with zero attached hydrogens (tertiary/aromatic N) is 1. The number of hydrogen-bond donors (Lipinski definition) is 4. The molecule has 4 N–H and O–H groups in total. The van der Waals surface area contributed by atoms with E-state index in [1.165, 1.54) is 39.0 Å². The van der Waals surface area contributed by atoms with E-state index in [-0.39, 0.29) is 36.0 Å². The molecule has 1 aromatic heterocycles. The van der Waals surface area contributed by atoms with Gasteiger partial charge in [0.05, 0.1) is 24.6 Å². The van der Waals surface area contributed by atoms with Gasteiger partial charge in [0.15, 0.2) is 5.78 Å². The highest BCUT2D eigenvalue weighted by atomic mass is 16.5. The van der Waals surface area contributed by atoms with E-state index in [0.717, 1.165) is 6.92 Å². The molecule has 0 saturated carbocycles. The third kappa shape index (κ3) is 7.00. The van der Waals surface area contributed by atoms with Crippen molar-refractivity contribution in [1.82, 2.24) is 0 Å². The Balaban J connectivity index is 2.59. The van der Waals surface area contributed by atoms with E-state index in [2.05, 4.69) is 29.5 Å². The van der Waals surface area contributed by atoms with Crippen molar-refractivity contribution in [2.75, 3.05) is 23.8 Å². The summed E-state index contributed by atoms with van der Waals surface area (Å²) < 4.78 is 13.8. The van der Waals surface area contributed by atoms with Crippen LogP contribution >= 0.6 is 0 Å². The Morgan fingerprint density at radius 2 is 1.35 bits per heavy atom. The maximum Gasteiger partial charge on any atom is 0.397 e. The van der Waals surface area contributed by atoms with E-state index in [9.17, 15) is 39.0 Å². The Hall–Kier alpha value is -5.01. The van der Waals surface area contributed by atoms with E-state index in [1.54, 1.807) is 0 Å². The fraction of sp³-hybridized carbons (Fsp3) is 0.261. The molecular formula is C23H23N3O11. The predicted octanol–water partition coefficient (Wildman–Crippen LogP) is 1.40. The number of aliphatic imine (C=N–C) groups is 1. The van der Waals surface area contributed by atoms with Gasteiger partial charge in [-0.3, -0.25) is 19.4 Å². The number of carbonyl (C=O) groups is 5. The van der Waals surface area contributed by atoms with Gasteiger partial charge in [0.25, 0.3) is 5.95 Å². The van der Waals surface area contributed by atoms with Crippen LogP contribution in [-0.2, 0) is 28.7 Å². The first kappa shape index (κ1) is 28.2. The van der Waals surface area contributed by atoms with E-state index in [0.29, 0.717) is 0 Å². The summed E-state index contributed by atoms with van der Waals surface area (Å²) in [4.78, 5) is 75.7. The van der Waals surface area contributed by atoms with Crippen molar-refractivity contribution in [3.05, 3.63) is 39.7 Å². The molecule has 0 aliphatic heterocycles. The third-order valence-corrected chi connectivity index (χ3v) is 4.45. The van der Waals surface area contributed by atoms with Crippen molar-refractivity contribution in [2.24, 2.45) is 4.99 Å². The number of amides is 2. The summed E-state index contributed by atoms with van der Waals surface area (Å²) in [5, 5.41) is 24.6. The zero-order chi connectivity index (χ0) is 27.9. The van der Waals surface area contributed by atoms with Gasteiger partial charge < -0.3 is 34.7 Å². The molecule has 0 aliphatic rings. The van der Waals surface area contributed by atoms with Gasteiger partial charge in [-0.2, -0.15) is 0 Å². The van der Waals surface area contributed by atoms with E-state index in [1.807, 2.05) is 0 Å². The number of nitrogens with one attached hydrogen (secondary N) is 2. The minimum atomic E-state index is -1.20. The molecule has 0 saturated heterocycles. The van der Waals surface area contributed by atoms with Gasteiger partial charge in [-0.05, 0) is 45.9 Å². The summed E-state index contributed by atoms with van der Waals surface area (Å²) in [6.45, 7) is 5.18. The summed E-state index contributed by atoms with van der Waals surface area (Å²) in [6.07, 6.45) is 0. The maximum atomic E-state index is 12.3. The number of rotatable bonds is 7. The van der Waals surface area contributed by atoms with Crippen molar-refractivity contribution in [3.8, 4) is 11.7 Å². The van der Waals surface area contributed by atoms with Crippen molar-refractivity contribution in [1.29, 1.82) is 0 Å². The monoisotopic (exact) mass is 517 g/mol. The molecule has 0 aliphatic carbocycles. The van der Waals surface area contributed by atoms with Crippen LogP contribution < -0.4 is 16.3 Å². The molecule has 0 bridgehead atoms. The number of ketones is 1. The van der Waals surface area contributed by atoms with Crippen LogP contribution in [0.4, 0.5) is 17.1 Å². The zero-order valence-corrected chi connectivity index (χ0v) is 20.2. The van der Waals surface area contributed by atoms with E-state index in [4.69, 9.17) is 0 Å². The molecule has 0 atom stereocenters. The molecule has 1 aromatic carbocycles. The minimum absolute atomic E-state index is 0.0467.